The van der Waals surface area contributed by atoms with Crippen LogP contribution >= 0.6 is 0 Å². The molecule has 0 saturated heterocycles. The van der Waals surface area contributed by atoms with E-state index in [4.69, 9.17) is 13.9 Å². The largest absolute Gasteiger partial charge is 0.499 e. The van der Waals surface area contributed by atoms with E-state index in [1.54, 1.807) is 18.2 Å². The molecule has 0 unspecified atom stereocenters. The van der Waals surface area contributed by atoms with Gasteiger partial charge in [0.15, 0.2) is 5.75 Å². The minimum Gasteiger partial charge on any atom is -0.499 e. The third-order valence-corrected chi connectivity index (χ3v) is 5.33. The highest BCUT2D eigenvalue weighted by Crippen LogP contribution is 2.33. The molecule has 184 valence electrons. The zero-order valence-corrected chi connectivity index (χ0v) is 21.4. The van der Waals surface area contributed by atoms with Gasteiger partial charge >= 0.3 is 5.63 Å². The third-order valence-electron chi connectivity index (χ3n) is 5.33. The first-order valence-electron chi connectivity index (χ1n) is 11.8. The molecule has 5 nitrogen and oxygen atoms in total. The molecule has 1 heterocycles. The fraction of sp³-hybridized carbons (Fsp3) is 0.414. The van der Waals surface area contributed by atoms with Crippen LogP contribution in [0.25, 0.3) is 11.0 Å². The molecule has 2 aromatic rings. The summed E-state index contributed by atoms with van der Waals surface area (Å²) in [7, 11) is 0. The normalized spacial score (nSPS) is 11.9. The number of ether oxygens (including phenoxy) is 2. The maximum absolute atomic E-state index is 12.1. The first kappa shape index (κ1) is 27.0. The van der Waals surface area contributed by atoms with Gasteiger partial charge in [-0.05, 0) is 91.5 Å². The van der Waals surface area contributed by atoms with Gasteiger partial charge in [0.05, 0.1) is 5.39 Å². The Morgan fingerprint density at radius 1 is 0.853 bits per heavy atom. The number of allylic oxidation sites excluding steroid dienone is 6. The van der Waals surface area contributed by atoms with Crippen LogP contribution in [0, 0.1) is 0 Å². The van der Waals surface area contributed by atoms with E-state index in [0.29, 0.717) is 23.3 Å². The van der Waals surface area contributed by atoms with Crippen LogP contribution in [0.3, 0.4) is 0 Å². The molecular weight excluding hydrogens is 428 g/mol. The molecule has 0 aliphatic heterocycles. The van der Waals surface area contributed by atoms with Crippen LogP contribution in [0.5, 0.6) is 17.2 Å². The second-order valence-corrected chi connectivity index (χ2v) is 9.09. The van der Waals surface area contributed by atoms with Crippen LogP contribution in [0.1, 0.15) is 67.2 Å². The van der Waals surface area contributed by atoms with Gasteiger partial charge < -0.3 is 19.0 Å². The van der Waals surface area contributed by atoms with E-state index in [1.165, 1.54) is 22.3 Å². The second-order valence-electron chi connectivity index (χ2n) is 9.09. The molecule has 5 heteroatoms. The molecule has 0 bridgehead atoms. The molecule has 0 spiro atoms. The molecular formula is C29H38O5. The van der Waals surface area contributed by atoms with Gasteiger partial charge in [-0.1, -0.05) is 34.4 Å². The summed E-state index contributed by atoms with van der Waals surface area (Å²) in [5.41, 5.74) is 4.54. The quantitative estimate of drug-likeness (QED) is 0.257. The fourth-order valence-electron chi connectivity index (χ4n) is 3.31. The van der Waals surface area contributed by atoms with Crippen LogP contribution < -0.4 is 15.1 Å². The zero-order chi connectivity index (χ0) is 25.1. The van der Waals surface area contributed by atoms with Crippen molar-refractivity contribution < 1.29 is 19.0 Å². The van der Waals surface area contributed by atoms with Crippen molar-refractivity contribution in [2.45, 2.75) is 67.2 Å². The summed E-state index contributed by atoms with van der Waals surface area (Å²) in [5.74, 6) is 0.184. The topological polar surface area (TPSA) is 68.9 Å². The van der Waals surface area contributed by atoms with E-state index in [0.717, 1.165) is 25.7 Å². The maximum atomic E-state index is 12.1. The standard InChI is InChI=1S/C29H38O5/c1-20(2)9-7-11-22(5)15-17-32-24-13-14-25-26(19-24)34-29(31)27(30)28(25)33-18-16-23(6)12-8-10-21(3)4/h9-10,13-16,19,30H,7-8,11-12,17-18H2,1-6H3/b22-15+,23-16+. The van der Waals surface area contributed by atoms with Crippen molar-refractivity contribution in [1.29, 1.82) is 0 Å². The molecule has 0 amide bonds. The minimum absolute atomic E-state index is 0.126. The van der Waals surface area contributed by atoms with E-state index >= 15 is 0 Å². The van der Waals surface area contributed by atoms with Crippen molar-refractivity contribution in [2.24, 2.45) is 0 Å². The lowest BCUT2D eigenvalue weighted by Gasteiger charge is -2.10. The molecule has 0 radical (unpaired) electrons. The number of hydrogen-bond acceptors (Lipinski definition) is 5. The first-order valence-corrected chi connectivity index (χ1v) is 11.8. The molecule has 1 aromatic heterocycles. The van der Waals surface area contributed by atoms with Crippen molar-refractivity contribution in [3.05, 3.63) is 75.2 Å². The number of hydrogen-bond donors (Lipinski definition) is 1. The van der Waals surface area contributed by atoms with Crippen molar-refractivity contribution in [3.8, 4) is 17.2 Å². The number of fused-ring (bicyclic) bond motifs is 1. The highest BCUT2D eigenvalue weighted by molar-refractivity contribution is 5.86. The predicted octanol–water partition coefficient (Wildman–Crippen LogP) is 7.64. The Balaban J connectivity index is 2.07. The maximum Gasteiger partial charge on any atom is 0.382 e. The van der Waals surface area contributed by atoms with E-state index in [-0.39, 0.29) is 12.4 Å². The molecule has 0 aliphatic rings. The zero-order valence-electron chi connectivity index (χ0n) is 21.4. The summed E-state index contributed by atoms with van der Waals surface area (Å²) in [6, 6.07) is 5.16. The Morgan fingerprint density at radius 3 is 1.97 bits per heavy atom. The average Bonchev–Trinajstić information content (AvgIpc) is 2.76. The number of rotatable bonds is 12. The van der Waals surface area contributed by atoms with Crippen molar-refractivity contribution in [2.75, 3.05) is 13.2 Å². The van der Waals surface area contributed by atoms with E-state index in [1.807, 2.05) is 13.0 Å². The molecule has 0 fully saturated rings. The SMILES string of the molecule is CC(C)=CCC/C(C)=C/COc1ccc2c(OC/C=C(\C)CCC=C(C)C)c(O)c(=O)oc2c1. The third kappa shape index (κ3) is 8.97. The minimum atomic E-state index is -0.834. The summed E-state index contributed by atoms with van der Waals surface area (Å²) >= 11 is 0. The lowest BCUT2D eigenvalue weighted by Crippen LogP contribution is -2.04. The Labute approximate surface area is 203 Å². The molecule has 34 heavy (non-hydrogen) atoms. The molecule has 0 atom stereocenters. The van der Waals surface area contributed by atoms with Crippen molar-refractivity contribution in [1.82, 2.24) is 0 Å². The van der Waals surface area contributed by atoms with Gasteiger partial charge in [-0.2, -0.15) is 0 Å². The van der Waals surface area contributed by atoms with E-state index in [9.17, 15) is 9.90 Å². The van der Waals surface area contributed by atoms with Gasteiger partial charge in [-0.3, -0.25) is 0 Å². The first-order chi connectivity index (χ1) is 16.2. The Kier molecular flexibility index (Phi) is 10.7. The van der Waals surface area contributed by atoms with E-state index in [2.05, 4.69) is 52.8 Å². The van der Waals surface area contributed by atoms with Gasteiger partial charge in [0.1, 0.15) is 24.5 Å². The average molecular weight is 467 g/mol. The Hall–Kier alpha value is -3.21. The van der Waals surface area contributed by atoms with Crippen LogP contribution in [0.2, 0.25) is 0 Å². The molecule has 2 rings (SSSR count). The summed E-state index contributed by atoms with van der Waals surface area (Å²) in [6.45, 7) is 13.2. The smallest absolute Gasteiger partial charge is 0.382 e. The highest BCUT2D eigenvalue weighted by atomic mass is 16.5. The monoisotopic (exact) mass is 466 g/mol. The molecule has 0 aliphatic carbocycles. The van der Waals surface area contributed by atoms with Crippen LogP contribution in [-0.4, -0.2) is 18.3 Å². The highest BCUT2D eigenvalue weighted by Gasteiger charge is 2.15. The van der Waals surface area contributed by atoms with Crippen LogP contribution in [-0.2, 0) is 0 Å². The Morgan fingerprint density at radius 2 is 1.41 bits per heavy atom. The Bertz CT molecular complexity index is 1140. The predicted molar refractivity (Wildman–Crippen MR) is 140 cm³/mol. The van der Waals surface area contributed by atoms with Gasteiger partial charge in [-0.25, -0.2) is 4.79 Å². The number of aromatic hydroxyl groups is 1. The summed E-state index contributed by atoms with van der Waals surface area (Å²) in [4.78, 5) is 12.1. The lowest BCUT2D eigenvalue weighted by atomic mass is 10.1. The summed E-state index contributed by atoms with van der Waals surface area (Å²) in [6.07, 6.45) is 12.3. The van der Waals surface area contributed by atoms with Gasteiger partial charge in [0.25, 0.3) is 0 Å². The van der Waals surface area contributed by atoms with Gasteiger partial charge in [0.2, 0.25) is 5.75 Å². The summed E-state index contributed by atoms with van der Waals surface area (Å²) < 4.78 is 16.9. The van der Waals surface area contributed by atoms with Crippen LogP contribution in [0.4, 0.5) is 0 Å². The van der Waals surface area contributed by atoms with Crippen molar-refractivity contribution >= 4 is 11.0 Å². The lowest BCUT2D eigenvalue weighted by molar-refractivity contribution is 0.326. The molecule has 0 saturated carbocycles. The molecule has 1 aromatic carbocycles. The number of benzene rings is 1. The van der Waals surface area contributed by atoms with E-state index < -0.39 is 11.4 Å². The van der Waals surface area contributed by atoms with Gasteiger partial charge in [-0.15, -0.1) is 0 Å². The fourth-order valence-corrected chi connectivity index (χ4v) is 3.31. The molecule has 1 N–H and O–H groups in total. The summed E-state index contributed by atoms with van der Waals surface area (Å²) in [5, 5.41) is 10.8. The van der Waals surface area contributed by atoms with Crippen LogP contribution in [0.15, 0.2) is 74.0 Å². The second kappa shape index (κ2) is 13.5. The van der Waals surface area contributed by atoms with Gasteiger partial charge in [0, 0.05) is 6.07 Å². The van der Waals surface area contributed by atoms with Crippen molar-refractivity contribution in [3.63, 3.8) is 0 Å².